The van der Waals surface area contributed by atoms with Crippen molar-refractivity contribution in [1.82, 2.24) is 20.0 Å². The van der Waals surface area contributed by atoms with Gasteiger partial charge in [0, 0.05) is 37.4 Å². The van der Waals surface area contributed by atoms with Gasteiger partial charge in [0.15, 0.2) is 0 Å². The van der Waals surface area contributed by atoms with E-state index in [1.54, 1.807) is 10.9 Å². The molecule has 2 heterocycles. The Morgan fingerprint density at radius 1 is 1.22 bits per heavy atom. The van der Waals surface area contributed by atoms with Crippen LogP contribution in [0, 0.1) is 0 Å². The molecule has 1 aliphatic heterocycles. The summed E-state index contributed by atoms with van der Waals surface area (Å²) in [6.45, 7) is 4.87. The number of nitrogens with one attached hydrogen (secondary N) is 1. The lowest BCUT2D eigenvalue weighted by Crippen LogP contribution is -2.49. The highest BCUT2D eigenvalue weighted by molar-refractivity contribution is 5.14. The van der Waals surface area contributed by atoms with Gasteiger partial charge < -0.3 is 15.3 Å². The van der Waals surface area contributed by atoms with Crippen LogP contribution in [0.3, 0.4) is 0 Å². The largest absolute Gasteiger partial charge is 0.384 e. The first-order chi connectivity index (χ1) is 11.0. The summed E-state index contributed by atoms with van der Waals surface area (Å²) in [5, 5.41) is 18.4. The van der Waals surface area contributed by atoms with E-state index < -0.39 is 5.60 Å². The molecule has 130 valence electrons. The first kappa shape index (κ1) is 16.9. The van der Waals surface area contributed by atoms with Gasteiger partial charge in [0.2, 0.25) is 0 Å². The summed E-state index contributed by atoms with van der Waals surface area (Å²) in [6.07, 6.45) is 13.1. The summed E-state index contributed by atoms with van der Waals surface area (Å²) in [6, 6.07) is 1.36. The molecule has 1 unspecified atom stereocenters. The van der Waals surface area contributed by atoms with E-state index in [0.29, 0.717) is 12.6 Å². The fourth-order valence-corrected chi connectivity index (χ4v) is 4.06. The molecule has 1 saturated carbocycles. The topological polar surface area (TPSA) is 53.3 Å². The number of aromatic nitrogens is 2. The number of hydrogen-bond donors (Lipinski definition) is 2. The molecule has 5 nitrogen and oxygen atoms in total. The van der Waals surface area contributed by atoms with Crippen molar-refractivity contribution in [3.63, 3.8) is 0 Å². The van der Waals surface area contributed by atoms with Crippen LogP contribution in [-0.4, -0.2) is 51.5 Å². The van der Waals surface area contributed by atoms with Crippen molar-refractivity contribution in [3.8, 4) is 0 Å². The van der Waals surface area contributed by atoms with E-state index in [4.69, 9.17) is 0 Å². The first-order valence-electron chi connectivity index (χ1n) is 9.23. The molecule has 1 aromatic rings. The van der Waals surface area contributed by atoms with Gasteiger partial charge in [-0.2, -0.15) is 5.10 Å². The van der Waals surface area contributed by atoms with E-state index in [9.17, 15) is 5.11 Å². The quantitative estimate of drug-likeness (QED) is 0.871. The fourth-order valence-electron chi connectivity index (χ4n) is 4.06. The van der Waals surface area contributed by atoms with E-state index in [-0.39, 0.29) is 0 Å². The van der Waals surface area contributed by atoms with Crippen molar-refractivity contribution in [2.75, 3.05) is 19.6 Å². The summed E-state index contributed by atoms with van der Waals surface area (Å²) in [4.78, 5) is 2.70. The zero-order valence-corrected chi connectivity index (χ0v) is 14.7. The maximum absolute atomic E-state index is 10.7. The van der Waals surface area contributed by atoms with Crippen molar-refractivity contribution >= 4 is 0 Å². The zero-order chi connectivity index (χ0) is 16.3. The molecule has 2 N–H and O–H groups in total. The molecule has 23 heavy (non-hydrogen) atoms. The number of aryl methyl sites for hydroxylation is 1. The number of likely N-dealkylation sites (tertiary alicyclic amines) is 1. The number of piperidine rings is 1. The van der Waals surface area contributed by atoms with Crippen LogP contribution >= 0.6 is 0 Å². The molecule has 0 amide bonds. The predicted octanol–water partition coefficient (Wildman–Crippen LogP) is 2.01. The van der Waals surface area contributed by atoms with Crippen molar-refractivity contribution < 1.29 is 5.11 Å². The number of nitrogens with zero attached hydrogens (tertiary/aromatic N) is 3. The van der Waals surface area contributed by atoms with E-state index in [1.807, 2.05) is 20.2 Å². The summed E-state index contributed by atoms with van der Waals surface area (Å²) >= 11 is 0. The van der Waals surface area contributed by atoms with Crippen molar-refractivity contribution in [2.24, 2.45) is 7.05 Å². The van der Waals surface area contributed by atoms with Crippen LogP contribution in [0.1, 0.15) is 57.4 Å². The van der Waals surface area contributed by atoms with Crippen LogP contribution in [0.4, 0.5) is 0 Å². The van der Waals surface area contributed by atoms with Gasteiger partial charge >= 0.3 is 0 Å². The third-order valence-corrected chi connectivity index (χ3v) is 5.68. The van der Waals surface area contributed by atoms with E-state index in [1.165, 1.54) is 58.0 Å². The molecule has 0 bridgehead atoms. The lowest BCUT2D eigenvalue weighted by molar-refractivity contribution is 0.0471. The van der Waals surface area contributed by atoms with Crippen molar-refractivity contribution in [3.05, 3.63) is 18.0 Å². The van der Waals surface area contributed by atoms with Crippen LogP contribution < -0.4 is 5.32 Å². The zero-order valence-electron chi connectivity index (χ0n) is 14.7. The predicted molar refractivity (Wildman–Crippen MR) is 92.2 cm³/mol. The normalized spacial score (nSPS) is 24.7. The third kappa shape index (κ3) is 4.34. The van der Waals surface area contributed by atoms with E-state index in [0.717, 1.165) is 11.6 Å². The summed E-state index contributed by atoms with van der Waals surface area (Å²) in [5.74, 6) is 0. The molecule has 1 saturated heterocycles. The van der Waals surface area contributed by atoms with Gasteiger partial charge in [-0.25, -0.2) is 0 Å². The van der Waals surface area contributed by atoms with Gasteiger partial charge in [0.25, 0.3) is 0 Å². The van der Waals surface area contributed by atoms with E-state index >= 15 is 0 Å². The minimum absolute atomic E-state index is 0.526. The monoisotopic (exact) mass is 320 g/mol. The van der Waals surface area contributed by atoms with Crippen molar-refractivity contribution in [1.29, 1.82) is 0 Å². The number of hydrogen-bond acceptors (Lipinski definition) is 4. The second-order valence-corrected chi connectivity index (χ2v) is 7.66. The van der Waals surface area contributed by atoms with Crippen LogP contribution in [0.25, 0.3) is 0 Å². The molecule has 2 fully saturated rings. The van der Waals surface area contributed by atoms with Gasteiger partial charge in [-0.1, -0.05) is 19.3 Å². The Hall–Kier alpha value is -0.910. The van der Waals surface area contributed by atoms with Crippen LogP contribution in [0.2, 0.25) is 0 Å². The van der Waals surface area contributed by atoms with Gasteiger partial charge in [-0.05, 0) is 45.7 Å². The third-order valence-electron chi connectivity index (χ3n) is 5.68. The molecule has 1 aromatic heterocycles. The molecule has 0 radical (unpaired) electrons. The number of rotatable bonds is 5. The van der Waals surface area contributed by atoms with Gasteiger partial charge in [-0.15, -0.1) is 0 Å². The lowest BCUT2D eigenvalue weighted by Gasteiger charge is -2.40. The Morgan fingerprint density at radius 2 is 1.91 bits per heavy atom. The molecular formula is C18H32N4O. The highest BCUT2D eigenvalue weighted by Crippen LogP contribution is 2.26. The highest BCUT2D eigenvalue weighted by atomic mass is 16.3. The van der Waals surface area contributed by atoms with Crippen LogP contribution in [-0.2, 0) is 12.6 Å². The molecular weight excluding hydrogens is 288 g/mol. The second-order valence-electron chi connectivity index (χ2n) is 7.66. The summed E-state index contributed by atoms with van der Waals surface area (Å²) in [7, 11) is 1.88. The minimum atomic E-state index is -0.852. The summed E-state index contributed by atoms with van der Waals surface area (Å²) < 4.78 is 1.74. The number of aliphatic hydroxyl groups is 1. The fraction of sp³-hybridized carbons (Fsp3) is 0.833. The molecule has 0 aromatic carbocycles. The Balaban J connectivity index is 1.43. The van der Waals surface area contributed by atoms with Gasteiger partial charge in [0.1, 0.15) is 5.60 Å². The molecule has 3 rings (SSSR count). The minimum Gasteiger partial charge on any atom is -0.384 e. The first-order valence-corrected chi connectivity index (χ1v) is 9.23. The SMILES string of the molecule is Cn1cc(C(C)(O)CNC2CCN(C3CCCCC3)CC2)cn1. The Labute approximate surface area is 140 Å². The standard InChI is InChI=1S/C18H32N4O/c1-18(23,15-12-20-21(2)13-15)14-19-16-8-10-22(11-9-16)17-6-4-3-5-7-17/h12-13,16-17,19,23H,3-11,14H2,1-2H3. The van der Waals surface area contributed by atoms with Gasteiger partial charge in [-0.3, -0.25) is 4.68 Å². The highest BCUT2D eigenvalue weighted by Gasteiger charge is 2.29. The second kappa shape index (κ2) is 7.32. The molecule has 5 heteroatoms. The summed E-state index contributed by atoms with van der Waals surface area (Å²) in [5.41, 5.74) is 0.0292. The van der Waals surface area contributed by atoms with Gasteiger partial charge in [0.05, 0.1) is 6.20 Å². The molecule has 2 aliphatic rings. The lowest BCUT2D eigenvalue weighted by atomic mass is 9.92. The average Bonchev–Trinajstić information content (AvgIpc) is 3.02. The maximum atomic E-state index is 10.7. The van der Waals surface area contributed by atoms with Crippen LogP contribution in [0.15, 0.2) is 12.4 Å². The van der Waals surface area contributed by atoms with Crippen molar-refractivity contribution in [2.45, 2.75) is 69.6 Å². The van der Waals surface area contributed by atoms with E-state index in [2.05, 4.69) is 15.3 Å². The van der Waals surface area contributed by atoms with Crippen LogP contribution in [0.5, 0.6) is 0 Å². The maximum Gasteiger partial charge on any atom is 0.102 e. The smallest absolute Gasteiger partial charge is 0.102 e. The average molecular weight is 320 g/mol. The molecule has 1 atom stereocenters. The Bertz CT molecular complexity index is 485. The Kier molecular flexibility index (Phi) is 5.39. The Morgan fingerprint density at radius 3 is 2.52 bits per heavy atom. The molecule has 0 spiro atoms. The molecule has 1 aliphatic carbocycles.